The molecule has 3 N–H and O–H groups in total. The van der Waals surface area contributed by atoms with Gasteiger partial charge in [0, 0.05) is 6.42 Å². The second-order valence-corrected chi connectivity index (χ2v) is 10.3. The maximum absolute atomic E-state index is 10.5. The summed E-state index contributed by atoms with van der Waals surface area (Å²) in [5.41, 5.74) is 0. The third-order valence-electron chi connectivity index (χ3n) is 5.62. The zero-order valence-electron chi connectivity index (χ0n) is 23.0. The van der Waals surface area contributed by atoms with Gasteiger partial charge in [-0.3, -0.25) is 9.59 Å². The van der Waals surface area contributed by atoms with Crippen LogP contribution in [0.25, 0.3) is 0 Å². The molecule has 0 heterocycles. The summed E-state index contributed by atoms with van der Waals surface area (Å²) in [6.45, 7) is 6.04. The predicted octanol–water partition coefficient (Wildman–Crippen LogP) is 8.21. The van der Waals surface area contributed by atoms with E-state index < -0.39 is 28.4 Å². The minimum Gasteiger partial charge on any atom is -0.480 e. The fourth-order valence-corrected chi connectivity index (χ4v) is 3.62. The molecule has 0 aliphatic heterocycles. The fourth-order valence-electron chi connectivity index (χ4n) is 3.25. The summed E-state index contributed by atoms with van der Waals surface area (Å²) < 4.78 is 0. The van der Waals surface area contributed by atoms with Crippen LogP contribution in [0.2, 0.25) is 0 Å². The lowest BCUT2D eigenvalue weighted by Crippen LogP contribution is -2.12. The molecule has 0 aromatic heterocycles. The van der Waals surface area contributed by atoms with E-state index in [1.165, 1.54) is 77.0 Å². The highest BCUT2D eigenvalue weighted by Crippen LogP contribution is 2.13. The first-order valence-corrected chi connectivity index (χ1v) is 14.9. The molecule has 0 aromatic rings. The number of aliphatic carboxylic acids is 2. The fraction of sp³-hybridized carbons (Fsp3) is 0.889. The van der Waals surface area contributed by atoms with Crippen LogP contribution in [-0.2, 0) is 19.3 Å². The van der Waals surface area contributed by atoms with Crippen molar-refractivity contribution in [2.75, 3.05) is 0 Å². The number of unbranched alkanes of at least 4 members (excludes halogenated alkanes) is 14. The molecule has 0 saturated heterocycles. The van der Waals surface area contributed by atoms with Crippen molar-refractivity contribution in [3.8, 4) is 0 Å². The summed E-state index contributed by atoms with van der Waals surface area (Å²) in [5, 5.41) is 23.8. The molecule has 0 radical (unpaired) electrons. The van der Waals surface area contributed by atoms with Crippen LogP contribution in [0.15, 0.2) is 0 Å². The first-order chi connectivity index (χ1) is 17.2. The molecule has 2 unspecified atom stereocenters. The minimum absolute atomic E-state index is 0.219. The first kappa shape index (κ1) is 39.6. The molecule has 0 aliphatic carbocycles. The first-order valence-electron chi connectivity index (χ1n) is 13.8. The summed E-state index contributed by atoms with van der Waals surface area (Å²) in [4.78, 5) is 33.9. The third-order valence-corrected chi connectivity index (χ3v) is 6.58. The van der Waals surface area contributed by atoms with E-state index in [1.807, 2.05) is 0 Å². The molecule has 0 spiro atoms. The molecular formula is C27H54O7S2. The van der Waals surface area contributed by atoms with Crippen molar-refractivity contribution >= 4 is 43.2 Å². The lowest BCUT2D eigenvalue weighted by atomic mass is 10.1. The van der Waals surface area contributed by atoms with Crippen LogP contribution in [0.4, 0.5) is 0 Å². The molecule has 9 heteroatoms. The normalized spacial score (nSPS) is 11.8. The number of rotatable bonds is 21. The molecule has 2 atom stereocenters. The van der Waals surface area contributed by atoms with Crippen LogP contribution in [-0.4, -0.2) is 43.9 Å². The molecule has 7 nitrogen and oxygen atoms in total. The number of carboxylic acid groups (broad SMARTS) is 2. The van der Waals surface area contributed by atoms with E-state index in [-0.39, 0.29) is 6.42 Å². The van der Waals surface area contributed by atoms with Crippen molar-refractivity contribution in [1.29, 1.82) is 0 Å². The van der Waals surface area contributed by atoms with Crippen LogP contribution in [0.3, 0.4) is 0 Å². The van der Waals surface area contributed by atoms with E-state index in [2.05, 4.69) is 44.0 Å². The van der Waals surface area contributed by atoms with Crippen molar-refractivity contribution in [3.05, 3.63) is 0 Å². The number of carbonyl (C=O) groups excluding carboxylic acids is 1. The van der Waals surface area contributed by atoms with Crippen molar-refractivity contribution < 1.29 is 34.7 Å². The predicted molar refractivity (Wildman–Crippen MR) is 154 cm³/mol. The average molecular weight is 555 g/mol. The molecular weight excluding hydrogens is 500 g/mol. The van der Waals surface area contributed by atoms with Gasteiger partial charge in [-0.15, -0.1) is 0 Å². The Kier molecular flexibility index (Phi) is 35.3. The maximum atomic E-state index is 10.5. The summed E-state index contributed by atoms with van der Waals surface area (Å²) in [5.74, 6) is -2.18. The Hall–Kier alpha value is -0.930. The topological polar surface area (TPSA) is 121 Å². The highest BCUT2D eigenvalue weighted by Gasteiger charge is 2.11. The lowest BCUT2D eigenvalue weighted by molar-refractivity contribution is -0.233. The Labute approximate surface area is 230 Å². The smallest absolute Gasteiger partial charge is 0.341 e. The van der Waals surface area contributed by atoms with Gasteiger partial charge in [0.05, 0.1) is 10.5 Å². The number of thiol groups is 2. The molecule has 216 valence electrons. The quantitative estimate of drug-likeness (QED) is 0.0419. The zero-order valence-corrected chi connectivity index (χ0v) is 24.7. The zero-order chi connectivity index (χ0) is 28.0. The molecule has 0 amide bonds. The van der Waals surface area contributed by atoms with Gasteiger partial charge in [0.2, 0.25) is 0 Å². The SMILES string of the molecule is CCC(=O)OO.CCCCCCCCCCC(S)C(=O)O.CCCCCCCCCCC(S)C(=O)O. The number of hydrogen-bond acceptors (Lipinski definition) is 7. The number of carboxylic acids is 2. The Bertz CT molecular complexity index is 463. The molecule has 0 aliphatic rings. The largest absolute Gasteiger partial charge is 0.480 e. The van der Waals surface area contributed by atoms with Gasteiger partial charge in [0.25, 0.3) is 0 Å². The van der Waals surface area contributed by atoms with Crippen LogP contribution in [0.1, 0.15) is 143 Å². The maximum Gasteiger partial charge on any atom is 0.341 e. The Morgan fingerprint density at radius 1 is 0.583 bits per heavy atom. The van der Waals surface area contributed by atoms with E-state index in [0.717, 1.165) is 25.7 Å². The highest BCUT2D eigenvalue weighted by molar-refractivity contribution is 7.82. The third kappa shape index (κ3) is 35.2. The Morgan fingerprint density at radius 2 is 0.861 bits per heavy atom. The van der Waals surface area contributed by atoms with Gasteiger partial charge in [0.1, 0.15) is 0 Å². The van der Waals surface area contributed by atoms with E-state index in [4.69, 9.17) is 15.5 Å². The van der Waals surface area contributed by atoms with Gasteiger partial charge >= 0.3 is 17.9 Å². The monoisotopic (exact) mass is 554 g/mol. The summed E-state index contributed by atoms with van der Waals surface area (Å²) in [6, 6.07) is 0. The van der Waals surface area contributed by atoms with Crippen LogP contribution < -0.4 is 0 Å². The van der Waals surface area contributed by atoms with Crippen LogP contribution >= 0.6 is 25.3 Å². The van der Waals surface area contributed by atoms with Crippen molar-refractivity contribution in [2.45, 2.75) is 153 Å². The van der Waals surface area contributed by atoms with E-state index in [1.54, 1.807) is 6.92 Å². The molecule has 0 saturated carbocycles. The van der Waals surface area contributed by atoms with Crippen molar-refractivity contribution in [1.82, 2.24) is 0 Å². The Balaban J connectivity index is -0.000000495. The number of carbonyl (C=O) groups is 3. The molecule has 0 aromatic carbocycles. The van der Waals surface area contributed by atoms with Crippen LogP contribution in [0.5, 0.6) is 0 Å². The summed E-state index contributed by atoms with van der Waals surface area (Å²) >= 11 is 7.99. The van der Waals surface area contributed by atoms with Gasteiger partial charge in [0.15, 0.2) is 0 Å². The van der Waals surface area contributed by atoms with Gasteiger partial charge < -0.3 is 15.1 Å². The van der Waals surface area contributed by atoms with E-state index in [9.17, 15) is 14.4 Å². The molecule has 0 bridgehead atoms. The molecule has 0 fully saturated rings. The standard InChI is InChI=1S/2C12H24O2S.C3H6O3/c2*1-2-3-4-5-6-7-8-9-10-11(15)12(13)14;1-2-3(4)6-5/h2*11,15H,2-10H2,1H3,(H,13,14);5H,2H2,1H3. The van der Waals surface area contributed by atoms with Gasteiger partial charge in [-0.2, -0.15) is 30.5 Å². The van der Waals surface area contributed by atoms with Crippen molar-refractivity contribution in [3.63, 3.8) is 0 Å². The average Bonchev–Trinajstić information content (AvgIpc) is 2.87. The second kappa shape index (κ2) is 32.1. The molecule has 36 heavy (non-hydrogen) atoms. The summed E-state index contributed by atoms with van der Waals surface area (Å²) in [6.07, 6.45) is 21.6. The summed E-state index contributed by atoms with van der Waals surface area (Å²) in [7, 11) is 0. The number of hydrogen-bond donors (Lipinski definition) is 5. The van der Waals surface area contributed by atoms with Crippen molar-refractivity contribution in [2.24, 2.45) is 0 Å². The Morgan fingerprint density at radius 3 is 1.06 bits per heavy atom. The van der Waals surface area contributed by atoms with Gasteiger partial charge in [-0.05, 0) is 12.8 Å². The second-order valence-electron chi connectivity index (χ2n) is 9.05. The molecule has 0 rings (SSSR count). The van der Waals surface area contributed by atoms with Gasteiger partial charge in [-0.25, -0.2) is 4.79 Å². The van der Waals surface area contributed by atoms with E-state index >= 15 is 0 Å². The van der Waals surface area contributed by atoms with Gasteiger partial charge in [-0.1, -0.05) is 124 Å². The lowest BCUT2D eigenvalue weighted by Gasteiger charge is -2.04. The highest BCUT2D eigenvalue weighted by atomic mass is 32.1. The van der Waals surface area contributed by atoms with Crippen LogP contribution in [0, 0.1) is 0 Å². The minimum atomic E-state index is -0.790. The van der Waals surface area contributed by atoms with E-state index in [0.29, 0.717) is 12.8 Å².